The van der Waals surface area contributed by atoms with Crippen LogP contribution in [0, 0.1) is 6.92 Å². The molecule has 0 aliphatic carbocycles. The smallest absolute Gasteiger partial charge is 0.266 e. The molecule has 0 spiro atoms. The average molecular weight is 401 g/mol. The number of carbonyl (C=O) groups excluding carboxylic acids is 1. The van der Waals surface area contributed by atoms with E-state index >= 15 is 0 Å². The van der Waals surface area contributed by atoms with Crippen LogP contribution in [0.4, 0.5) is 5.69 Å². The Balaban J connectivity index is 1.93. The molecule has 1 saturated heterocycles. The number of hydrogen-bond donors (Lipinski definition) is 0. The van der Waals surface area contributed by atoms with Gasteiger partial charge in [-0.15, -0.1) is 0 Å². The number of thioether (sulfide) groups is 1. The monoisotopic (exact) mass is 400 g/mol. The predicted molar refractivity (Wildman–Crippen MR) is 114 cm³/mol. The van der Waals surface area contributed by atoms with Crippen LogP contribution >= 0.6 is 23.4 Å². The Kier molecular flexibility index (Phi) is 6.24. The second kappa shape index (κ2) is 8.63. The third kappa shape index (κ3) is 4.54. The number of halogens is 1. The predicted octanol–water partition coefficient (Wildman–Crippen LogP) is 5.67. The molecule has 0 saturated carbocycles. The van der Waals surface area contributed by atoms with E-state index in [1.54, 1.807) is 18.0 Å². The molecule has 0 aromatic heterocycles. The summed E-state index contributed by atoms with van der Waals surface area (Å²) in [6.07, 6.45) is 2.73. The van der Waals surface area contributed by atoms with Gasteiger partial charge < -0.3 is 4.74 Å². The fourth-order valence-corrected chi connectivity index (χ4v) is 3.71. The SMILES string of the molecule is CCCOc1ccc(Cl)cc1/C=C1/SC(=Nc2ccccc2C)N(C)C1=O. The van der Waals surface area contributed by atoms with Gasteiger partial charge in [-0.25, -0.2) is 4.99 Å². The number of hydrogen-bond acceptors (Lipinski definition) is 4. The fraction of sp³-hybridized carbons (Fsp3) is 0.238. The number of rotatable bonds is 5. The van der Waals surface area contributed by atoms with Crippen molar-refractivity contribution in [3.63, 3.8) is 0 Å². The highest BCUT2D eigenvalue weighted by Gasteiger charge is 2.30. The Morgan fingerprint density at radius 2 is 2.04 bits per heavy atom. The summed E-state index contributed by atoms with van der Waals surface area (Å²) in [7, 11) is 1.74. The first kappa shape index (κ1) is 19.5. The first-order valence-electron chi connectivity index (χ1n) is 8.74. The number of carbonyl (C=O) groups is 1. The zero-order valence-corrected chi connectivity index (χ0v) is 17.1. The summed E-state index contributed by atoms with van der Waals surface area (Å²) in [5.41, 5.74) is 2.71. The van der Waals surface area contributed by atoms with E-state index in [2.05, 4.69) is 4.99 Å². The maximum Gasteiger partial charge on any atom is 0.266 e. The summed E-state index contributed by atoms with van der Waals surface area (Å²) < 4.78 is 5.78. The molecular formula is C21H21ClN2O2S. The van der Waals surface area contributed by atoms with Crippen LogP contribution < -0.4 is 4.74 Å². The van der Waals surface area contributed by atoms with Crippen molar-refractivity contribution in [2.75, 3.05) is 13.7 Å². The van der Waals surface area contributed by atoms with Gasteiger partial charge in [0.1, 0.15) is 5.75 Å². The number of amides is 1. The zero-order chi connectivity index (χ0) is 19.4. The Hall–Kier alpha value is -2.24. The summed E-state index contributed by atoms with van der Waals surface area (Å²) in [5, 5.41) is 1.25. The Morgan fingerprint density at radius 3 is 2.78 bits per heavy atom. The van der Waals surface area contributed by atoms with Gasteiger partial charge in [0.15, 0.2) is 5.17 Å². The molecule has 2 aromatic carbocycles. The van der Waals surface area contributed by atoms with Gasteiger partial charge in [-0.05, 0) is 61.0 Å². The number of likely N-dealkylation sites (N-methyl/N-ethyl adjacent to an activating group) is 1. The summed E-state index contributed by atoms with van der Waals surface area (Å²) in [6.45, 7) is 4.66. The van der Waals surface area contributed by atoms with Gasteiger partial charge in [0, 0.05) is 17.6 Å². The molecule has 3 rings (SSSR count). The van der Waals surface area contributed by atoms with Crippen LogP contribution in [0.1, 0.15) is 24.5 Å². The molecule has 0 atom stereocenters. The summed E-state index contributed by atoms with van der Waals surface area (Å²) in [6, 6.07) is 13.3. The lowest BCUT2D eigenvalue weighted by atomic mass is 10.2. The van der Waals surface area contributed by atoms with Crippen molar-refractivity contribution >= 4 is 46.2 Å². The van der Waals surface area contributed by atoms with E-state index in [1.807, 2.05) is 56.3 Å². The normalized spacial score (nSPS) is 17.2. The van der Waals surface area contributed by atoms with Crippen LogP contribution in [-0.4, -0.2) is 29.6 Å². The maximum absolute atomic E-state index is 12.7. The van der Waals surface area contributed by atoms with Crippen LogP contribution in [0.5, 0.6) is 5.75 Å². The number of ether oxygens (including phenoxy) is 1. The van der Waals surface area contributed by atoms with E-state index in [-0.39, 0.29) is 5.91 Å². The summed E-state index contributed by atoms with van der Waals surface area (Å²) in [4.78, 5) is 19.5. The van der Waals surface area contributed by atoms with E-state index in [0.29, 0.717) is 27.5 Å². The van der Waals surface area contributed by atoms with Crippen molar-refractivity contribution in [3.8, 4) is 5.75 Å². The highest BCUT2D eigenvalue weighted by Crippen LogP contribution is 2.35. The van der Waals surface area contributed by atoms with Crippen molar-refractivity contribution in [1.29, 1.82) is 0 Å². The molecule has 1 heterocycles. The largest absolute Gasteiger partial charge is 0.493 e. The van der Waals surface area contributed by atoms with Crippen LogP contribution in [0.15, 0.2) is 52.4 Å². The third-order valence-electron chi connectivity index (χ3n) is 4.06. The van der Waals surface area contributed by atoms with Gasteiger partial charge in [-0.3, -0.25) is 9.69 Å². The molecule has 1 aliphatic heterocycles. The van der Waals surface area contributed by atoms with Crippen molar-refractivity contribution in [2.24, 2.45) is 4.99 Å². The van der Waals surface area contributed by atoms with E-state index in [1.165, 1.54) is 11.8 Å². The zero-order valence-electron chi connectivity index (χ0n) is 15.5. The van der Waals surface area contributed by atoms with Gasteiger partial charge >= 0.3 is 0 Å². The second-order valence-corrected chi connectivity index (χ2v) is 7.63. The number of aryl methyl sites for hydroxylation is 1. The molecule has 1 fully saturated rings. The van der Waals surface area contributed by atoms with E-state index in [9.17, 15) is 4.79 Å². The quantitative estimate of drug-likeness (QED) is 0.607. The highest BCUT2D eigenvalue weighted by atomic mass is 35.5. The molecule has 0 bridgehead atoms. The molecule has 1 amide bonds. The molecular weight excluding hydrogens is 380 g/mol. The highest BCUT2D eigenvalue weighted by molar-refractivity contribution is 8.18. The molecule has 0 unspecified atom stereocenters. The van der Waals surface area contributed by atoms with Crippen molar-refractivity contribution in [1.82, 2.24) is 4.90 Å². The Morgan fingerprint density at radius 1 is 1.26 bits per heavy atom. The average Bonchev–Trinajstić information content (AvgIpc) is 2.91. The summed E-state index contributed by atoms with van der Waals surface area (Å²) >= 11 is 7.50. The van der Waals surface area contributed by atoms with Crippen LogP contribution in [0.2, 0.25) is 5.02 Å². The minimum atomic E-state index is -0.0891. The van der Waals surface area contributed by atoms with Crippen LogP contribution in [-0.2, 0) is 4.79 Å². The van der Waals surface area contributed by atoms with Crippen molar-refractivity contribution < 1.29 is 9.53 Å². The summed E-state index contributed by atoms with van der Waals surface area (Å²) in [5.74, 6) is 0.628. The molecule has 1 aliphatic rings. The standard InChI is InChI=1S/C21H21ClN2O2S/c1-4-11-26-18-10-9-16(22)12-15(18)13-19-20(25)24(3)21(27-19)23-17-8-6-5-7-14(17)2/h5-10,12-13H,4,11H2,1-3H3/b19-13+,23-21?. The first-order chi connectivity index (χ1) is 13.0. The minimum Gasteiger partial charge on any atom is -0.493 e. The van der Waals surface area contributed by atoms with E-state index in [4.69, 9.17) is 16.3 Å². The second-order valence-electron chi connectivity index (χ2n) is 6.19. The number of benzene rings is 2. The van der Waals surface area contributed by atoms with Gasteiger partial charge in [0.25, 0.3) is 5.91 Å². The van der Waals surface area contributed by atoms with Gasteiger partial charge in [-0.2, -0.15) is 0 Å². The van der Waals surface area contributed by atoms with E-state index in [0.717, 1.165) is 23.2 Å². The lowest BCUT2D eigenvalue weighted by Crippen LogP contribution is -2.23. The molecule has 4 nitrogen and oxygen atoms in total. The molecule has 0 radical (unpaired) electrons. The van der Waals surface area contributed by atoms with Gasteiger partial charge in [0.05, 0.1) is 17.2 Å². The van der Waals surface area contributed by atoms with Gasteiger partial charge in [-0.1, -0.05) is 36.7 Å². The molecule has 27 heavy (non-hydrogen) atoms. The van der Waals surface area contributed by atoms with E-state index < -0.39 is 0 Å². The Bertz CT molecular complexity index is 924. The van der Waals surface area contributed by atoms with Crippen LogP contribution in [0.25, 0.3) is 6.08 Å². The Labute approximate surface area is 168 Å². The first-order valence-corrected chi connectivity index (χ1v) is 9.93. The number of para-hydroxylation sites is 1. The van der Waals surface area contributed by atoms with Crippen molar-refractivity contribution in [2.45, 2.75) is 20.3 Å². The molecule has 2 aromatic rings. The maximum atomic E-state index is 12.7. The number of aliphatic imine (C=N–C) groups is 1. The molecule has 140 valence electrons. The van der Waals surface area contributed by atoms with Crippen LogP contribution in [0.3, 0.4) is 0 Å². The lowest BCUT2D eigenvalue weighted by molar-refractivity contribution is -0.121. The minimum absolute atomic E-state index is 0.0891. The molecule has 0 N–H and O–H groups in total. The number of nitrogens with zero attached hydrogens (tertiary/aromatic N) is 2. The topological polar surface area (TPSA) is 41.9 Å². The lowest BCUT2D eigenvalue weighted by Gasteiger charge is -2.09. The third-order valence-corrected chi connectivity index (χ3v) is 5.35. The fourth-order valence-electron chi connectivity index (χ4n) is 2.56. The van der Waals surface area contributed by atoms with Gasteiger partial charge in [0.2, 0.25) is 0 Å². The molecule has 6 heteroatoms. The van der Waals surface area contributed by atoms with Crippen molar-refractivity contribution in [3.05, 3.63) is 63.5 Å². The number of amidine groups is 1.